The van der Waals surface area contributed by atoms with Crippen LogP contribution in [0.4, 0.5) is 5.00 Å². The fraction of sp³-hybridized carbons (Fsp3) is 0.538. The van der Waals surface area contributed by atoms with E-state index in [4.69, 9.17) is 0 Å². The van der Waals surface area contributed by atoms with Gasteiger partial charge in [0.15, 0.2) is 0 Å². The summed E-state index contributed by atoms with van der Waals surface area (Å²) < 4.78 is 0. The molecule has 0 saturated heterocycles. The number of nitrogens with one attached hydrogen (secondary N) is 1. The highest BCUT2D eigenvalue weighted by atomic mass is 32.1. The molecule has 1 N–H and O–H groups in total. The third-order valence-electron chi connectivity index (χ3n) is 3.33. The van der Waals surface area contributed by atoms with Crippen molar-refractivity contribution in [2.24, 2.45) is 5.92 Å². The lowest BCUT2D eigenvalue weighted by molar-refractivity contribution is -0.119. The highest BCUT2D eigenvalue weighted by molar-refractivity contribution is 7.16. The van der Waals surface area contributed by atoms with Crippen LogP contribution in [0.5, 0.6) is 0 Å². The summed E-state index contributed by atoms with van der Waals surface area (Å²) in [6.45, 7) is 3.90. The van der Waals surface area contributed by atoms with Gasteiger partial charge >= 0.3 is 0 Å². The predicted molar refractivity (Wildman–Crippen MR) is 69.1 cm³/mol. The Hall–Kier alpha value is -1.34. The van der Waals surface area contributed by atoms with Gasteiger partial charge < -0.3 is 5.32 Å². The zero-order valence-corrected chi connectivity index (χ0v) is 11.0. The first-order valence-corrected chi connectivity index (χ1v) is 6.84. The number of nitriles is 1. The minimum atomic E-state index is -0.00140. The third-order valence-corrected chi connectivity index (χ3v) is 4.54. The molecular weight excluding hydrogens is 232 g/mol. The van der Waals surface area contributed by atoms with Gasteiger partial charge in [0.1, 0.15) is 11.1 Å². The summed E-state index contributed by atoms with van der Waals surface area (Å²) in [4.78, 5) is 13.1. The van der Waals surface area contributed by atoms with Gasteiger partial charge in [-0.15, -0.1) is 11.3 Å². The van der Waals surface area contributed by atoms with E-state index in [1.807, 2.05) is 13.8 Å². The Morgan fingerprint density at radius 2 is 2.35 bits per heavy atom. The first kappa shape index (κ1) is 12.1. The summed E-state index contributed by atoms with van der Waals surface area (Å²) in [5, 5.41) is 12.8. The maximum absolute atomic E-state index is 11.8. The number of carbonyl (C=O) groups excluding carboxylic acids is 1. The highest BCUT2D eigenvalue weighted by Gasteiger charge is 2.23. The predicted octanol–water partition coefficient (Wildman–Crippen LogP) is 3.09. The molecule has 1 aromatic heterocycles. The molecule has 17 heavy (non-hydrogen) atoms. The topological polar surface area (TPSA) is 52.9 Å². The molecule has 0 aliphatic heterocycles. The summed E-state index contributed by atoms with van der Waals surface area (Å²) in [5.74, 6) is 0.0161. The molecule has 2 rings (SSSR count). The number of carbonyl (C=O) groups is 1. The van der Waals surface area contributed by atoms with Crippen LogP contribution in [-0.4, -0.2) is 5.91 Å². The van der Waals surface area contributed by atoms with Crippen molar-refractivity contribution < 1.29 is 4.79 Å². The van der Waals surface area contributed by atoms with Crippen LogP contribution in [-0.2, 0) is 17.6 Å². The number of nitrogens with zero attached hydrogens (tertiary/aromatic N) is 1. The van der Waals surface area contributed by atoms with Gasteiger partial charge in [-0.2, -0.15) is 5.26 Å². The molecule has 3 nitrogen and oxygen atoms in total. The van der Waals surface area contributed by atoms with Crippen LogP contribution >= 0.6 is 11.3 Å². The number of hydrogen-bond donors (Lipinski definition) is 1. The molecule has 1 aliphatic carbocycles. The molecule has 1 aromatic rings. The molecular formula is C13H16N2OS. The van der Waals surface area contributed by atoms with Crippen LogP contribution < -0.4 is 5.32 Å². The first-order chi connectivity index (χ1) is 8.17. The summed E-state index contributed by atoms with van der Waals surface area (Å²) in [6, 6.07) is 2.23. The van der Waals surface area contributed by atoms with Gasteiger partial charge in [-0.3, -0.25) is 4.79 Å². The van der Waals surface area contributed by atoms with E-state index in [-0.39, 0.29) is 11.8 Å². The maximum atomic E-state index is 11.8. The lowest BCUT2D eigenvalue weighted by atomic mass is 10.1. The average Bonchev–Trinajstić information content (AvgIpc) is 2.87. The minimum Gasteiger partial charge on any atom is -0.316 e. The van der Waals surface area contributed by atoms with Crippen LogP contribution in [0.15, 0.2) is 0 Å². The van der Waals surface area contributed by atoms with Crippen molar-refractivity contribution in [3.8, 4) is 6.07 Å². The molecule has 0 bridgehead atoms. The minimum absolute atomic E-state index is 0.00140. The van der Waals surface area contributed by atoms with Gasteiger partial charge in [-0.1, -0.05) is 13.8 Å². The standard InChI is InChI=1S/C13H16N2OS/c1-3-8(2)12(16)15-13-10(7-14)9-5-4-6-11(9)17-13/h8H,3-6H2,1-2H3,(H,15,16). The Morgan fingerprint density at radius 3 is 3.00 bits per heavy atom. The monoisotopic (exact) mass is 248 g/mol. The number of anilines is 1. The van der Waals surface area contributed by atoms with E-state index in [1.54, 1.807) is 11.3 Å². The lowest BCUT2D eigenvalue weighted by Gasteiger charge is -2.08. The quantitative estimate of drug-likeness (QED) is 0.893. The molecule has 0 radical (unpaired) electrons. The van der Waals surface area contributed by atoms with Gasteiger partial charge in [-0.05, 0) is 31.2 Å². The highest BCUT2D eigenvalue weighted by Crippen LogP contribution is 2.38. The van der Waals surface area contributed by atoms with E-state index in [2.05, 4.69) is 11.4 Å². The lowest BCUT2D eigenvalue weighted by Crippen LogP contribution is -2.19. The molecule has 1 amide bonds. The zero-order chi connectivity index (χ0) is 12.4. The summed E-state index contributed by atoms with van der Waals surface area (Å²) in [5.41, 5.74) is 1.86. The van der Waals surface area contributed by atoms with E-state index in [0.29, 0.717) is 5.56 Å². The van der Waals surface area contributed by atoms with Crippen molar-refractivity contribution in [1.82, 2.24) is 0 Å². The van der Waals surface area contributed by atoms with Crippen molar-refractivity contribution in [3.05, 3.63) is 16.0 Å². The Kier molecular flexibility index (Phi) is 3.49. The first-order valence-electron chi connectivity index (χ1n) is 6.02. The van der Waals surface area contributed by atoms with E-state index >= 15 is 0 Å². The molecule has 1 heterocycles. The second kappa shape index (κ2) is 4.89. The van der Waals surface area contributed by atoms with Crippen molar-refractivity contribution in [3.63, 3.8) is 0 Å². The van der Waals surface area contributed by atoms with Gasteiger partial charge in [-0.25, -0.2) is 0 Å². The van der Waals surface area contributed by atoms with Crippen LogP contribution in [0.2, 0.25) is 0 Å². The Labute approximate surface area is 105 Å². The van der Waals surface area contributed by atoms with Crippen LogP contribution in [0.25, 0.3) is 0 Å². The molecule has 1 unspecified atom stereocenters. The average molecular weight is 248 g/mol. The Balaban J connectivity index is 2.23. The zero-order valence-electron chi connectivity index (χ0n) is 10.2. The van der Waals surface area contributed by atoms with Crippen molar-refractivity contribution in [2.45, 2.75) is 39.5 Å². The Morgan fingerprint density at radius 1 is 1.59 bits per heavy atom. The van der Waals surface area contributed by atoms with Crippen LogP contribution in [0.3, 0.4) is 0 Å². The smallest absolute Gasteiger partial charge is 0.227 e. The van der Waals surface area contributed by atoms with Crippen LogP contribution in [0, 0.1) is 17.2 Å². The SMILES string of the molecule is CCC(C)C(=O)Nc1sc2c(c1C#N)CCC2. The van der Waals surface area contributed by atoms with E-state index in [1.165, 1.54) is 4.88 Å². The van der Waals surface area contributed by atoms with Gasteiger partial charge in [0.25, 0.3) is 0 Å². The second-order valence-corrected chi connectivity index (χ2v) is 5.58. The van der Waals surface area contributed by atoms with Gasteiger partial charge in [0.05, 0.1) is 5.56 Å². The summed E-state index contributed by atoms with van der Waals surface area (Å²) in [6.07, 6.45) is 3.98. The third kappa shape index (κ3) is 2.20. The summed E-state index contributed by atoms with van der Waals surface area (Å²) >= 11 is 1.57. The van der Waals surface area contributed by atoms with E-state index < -0.39 is 0 Å². The molecule has 0 spiro atoms. The molecule has 0 aromatic carbocycles. The largest absolute Gasteiger partial charge is 0.316 e. The number of amides is 1. The molecule has 4 heteroatoms. The number of hydrogen-bond acceptors (Lipinski definition) is 3. The van der Waals surface area contributed by atoms with Crippen LogP contribution in [0.1, 0.15) is 42.7 Å². The van der Waals surface area contributed by atoms with E-state index in [0.717, 1.165) is 36.2 Å². The number of thiophene rings is 1. The summed E-state index contributed by atoms with van der Waals surface area (Å²) in [7, 11) is 0. The van der Waals surface area contributed by atoms with Crippen molar-refractivity contribution >= 4 is 22.2 Å². The normalized spacial score (nSPS) is 15.1. The fourth-order valence-electron chi connectivity index (χ4n) is 2.03. The fourth-order valence-corrected chi connectivity index (χ4v) is 3.27. The van der Waals surface area contributed by atoms with E-state index in [9.17, 15) is 10.1 Å². The van der Waals surface area contributed by atoms with Crippen molar-refractivity contribution in [1.29, 1.82) is 5.26 Å². The molecule has 0 fully saturated rings. The molecule has 0 saturated carbocycles. The number of rotatable bonds is 3. The molecule has 90 valence electrons. The maximum Gasteiger partial charge on any atom is 0.227 e. The number of aryl methyl sites for hydroxylation is 1. The van der Waals surface area contributed by atoms with Gasteiger partial charge in [0, 0.05) is 10.8 Å². The molecule has 1 atom stereocenters. The molecule has 1 aliphatic rings. The Bertz CT molecular complexity index is 484. The number of fused-ring (bicyclic) bond motifs is 1. The van der Waals surface area contributed by atoms with Crippen molar-refractivity contribution in [2.75, 3.05) is 5.32 Å². The second-order valence-electron chi connectivity index (χ2n) is 4.47. The van der Waals surface area contributed by atoms with Gasteiger partial charge in [0.2, 0.25) is 5.91 Å².